The van der Waals surface area contributed by atoms with E-state index in [0.717, 1.165) is 6.54 Å². The normalized spacial score (nSPS) is 11.3. The summed E-state index contributed by atoms with van der Waals surface area (Å²) in [6.45, 7) is 12.3. The van der Waals surface area contributed by atoms with Crippen molar-refractivity contribution in [3.63, 3.8) is 0 Å². The Morgan fingerprint density at radius 3 is 2.12 bits per heavy atom. The van der Waals surface area contributed by atoms with Crippen LogP contribution in [-0.2, 0) is 0 Å². The topological polar surface area (TPSA) is 12.0 Å². The van der Waals surface area contributed by atoms with E-state index in [2.05, 4.69) is 49.0 Å². The zero-order valence-corrected chi connectivity index (χ0v) is 11.1. The van der Waals surface area contributed by atoms with Crippen molar-refractivity contribution in [3.05, 3.63) is 78.8 Å². The van der Waals surface area contributed by atoms with Gasteiger partial charge in [-0.15, -0.1) is 19.7 Å². The van der Waals surface area contributed by atoms with Crippen molar-refractivity contribution in [1.82, 2.24) is 4.98 Å². The molecule has 0 fully saturated rings. The lowest BCUT2D eigenvalue weighted by atomic mass is 10.2. The van der Waals surface area contributed by atoms with Crippen LogP contribution in [0.25, 0.3) is 6.08 Å². The first-order valence-electron chi connectivity index (χ1n) is 5.64. The van der Waals surface area contributed by atoms with Crippen LogP contribution in [-0.4, -0.2) is 14.8 Å². The second kappa shape index (κ2) is 6.84. The van der Waals surface area contributed by atoms with E-state index in [9.17, 15) is 0 Å². The van der Waals surface area contributed by atoms with Gasteiger partial charge in [-0.05, 0) is 5.56 Å². The summed E-state index contributed by atoms with van der Waals surface area (Å²) in [5.74, 6) is 0. The van der Waals surface area contributed by atoms with Gasteiger partial charge in [-0.25, -0.2) is 0 Å². The number of rotatable bonds is 7. The predicted octanol–water partition coefficient (Wildman–Crippen LogP) is 3.41. The lowest BCUT2D eigenvalue weighted by molar-refractivity contribution is 1.07. The van der Waals surface area contributed by atoms with Crippen LogP contribution in [0.15, 0.2) is 73.2 Å². The molecule has 0 bridgehead atoms. The molecule has 0 aliphatic rings. The van der Waals surface area contributed by atoms with Gasteiger partial charge in [0, 0.05) is 6.54 Å². The smallest absolute Gasteiger partial charge is 0.198 e. The summed E-state index contributed by atoms with van der Waals surface area (Å²) in [5.41, 5.74) is 7.01. The molecule has 0 atom stereocenters. The van der Waals surface area contributed by atoms with Crippen LogP contribution in [0.3, 0.4) is 0 Å². The highest BCUT2D eigenvalue weighted by atomic mass is 28.3. The minimum absolute atomic E-state index is 0.797. The summed E-state index contributed by atoms with van der Waals surface area (Å²) >= 11 is 0. The fourth-order valence-electron chi connectivity index (χ4n) is 1.46. The van der Waals surface area contributed by atoms with Gasteiger partial charge in [0.05, 0.1) is 0 Å². The van der Waals surface area contributed by atoms with Gasteiger partial charge >= 0.3 is 0 Å². The van der Waals surface area contributed by atoms with Gasteiger partial charge in [0.25, 0.3) is 0 Å². The summed E-state index contributed by atoms with van der Waals surface area (Å²) in [5, 5.41) is 0. The molecule has 0 saturated heterocycles. The van der Waals surface area contributed by atoms with Crippen LogP contribution in [0.4, 0.5) is 0 Å². The Bertz CT molecular complexity index is 384. The monoisotopic (exact) mass is 241 g/mol. The molecule has 0 aromatic heterocycles. The molecular formula is C15H19NSi. The summed E-state index contributed by atoms with van der Waals surface area (Å²) in [7, 11) is -1.87. The molecule has 2 heteroatoms. The molecule has 0 unspecified atom stereocenters. The number of benzene rings is 1. The highest BCUT2D eigenvalue weighted by molar-refractivity contribution is 6.90. The van der Waals surface area contributed by atoms with Crippen LogP contribution >= 0.6 is 0 Å². The van der Waals surface area contributed by atoms with E-state index in [1.165, 1.54) is 5.56 Å². The van der Waals surface area contributed by atoms with Crippen LogP contribution in [0, 0.1) is 0 Å². The molecule has 0 aliphatic carbocycles. The first kappa shape index (κ1) is 13.4. The standard InChI is InChI=1S/C15H19NSi/c1-4-17(5-2,6-3)16-14-10-13-15-11-8-7-9-12-15/h4-13,16H,1-3,14H2/b13-10+. The molecule has 0 saturated carbocycles. The molecule has 0 aliphatic heterocycles. The Morgan fingerprint density at radius 2 is 1.59 bits per heavy atom. The first-order valence-corrected chi connectivity index (χ1v) is 7.87. The van der Waals surface area contributed by atoms with Crippen LogP contribution in [0.1, 0.15) is 5.56 Å². The average molecular weight is 241 g/mol. The molecule has 17 heavy (non-hydrogen) atoms. The fourth-order valence-corrected chi connectivity index (χ4v) is 2.87. The molecule has 0 heterocycles. The predicted molar refractivity (Wildman–Crippen MR) is 79.8 cm³/mol. The molecular weight excluding hydrogens is 222 g/mol. The third-order valence-corrected chi connectivity index (χ3v) is 5.49. The van der Waals surface area contributed by atoms with Crippen molar-refractivity contribution in [2.75, 3.05) is 6.54 Å². The van der Waals surface area contributed by atoms with E-state index in [0.29, 0.717) is 0 Å². The summed E-state index contributed by atoms with van der Waals surface area (Å²) < 4.78 is 0. The van der Waals surface area contributed by atoms with Gasteiger partial charge in [-0.3, -0.25) is 0 Å². The van der Waals surface area contributed by atoms with Gasteiger partial charge in [0.1, 0.15) is 0 Å². The SMILES string of the molecule is C=C[Si](C=C)(C=C)NC/C=C/c1ccccc1. The molecule has 1 N–H and O–H groups in total. The van der Waals surface area contributed by atoms with Crippen LogP contribution < -0.4 is 4.98 Å². The quantitative estimate of drug-likeness (QED) is 0.721. The van der Waals surface area contributed by atoms with Crippen molar-refractivity contribution in [2.45, 2.75) is 0 Å². The van der Waals surface area contributed by atoms with Gasteiger partial charge in [-0.2, -0.15) is 0 Å². The zero-order chi connectivity index (χ0) is 12.6. The number of nitrogens with one attached hydrogen (secondary N) is 1. The summed E-state index contributed by atoms with van der Waals surface area (Å²) in [6.07, 6.45) is 4.20. The van der Waals surface area contributed by atoms with E-state index < -0.39 is 8.24 Å². The van der Waals surface area contributed by atoms with E-state index in [1.807, 2.05) is 35.3 Å². The highest BCUT2D eigenvalue weighted by Gasteiger charge is 2.19. The second-order valence-corrected chi connectivity index (χ2v) is 7.18. The Morgan fingerprint density at radius 1 is 1.00 bits per heavy atom. The highest BCUT2D eigenvalue weighted by Crippen LogP contribution is 2.03. The third kappa shape index (κ3) is 4.02. The van der Waals surface area contributed by atoms with E-state index in [1.54, 1.807) is 0 Å². The second-order valence-electron chi connectivity index (χ2n) is 3.74. The Kier molecular flexibility index (Phi) is 5.40. The molecule has 0 spiro atoms. The Labute approximate surface area is 105 Å². The van der Waals surface area contributed by atoms with E-state index >= 15 is 0 Å². The molecule has 0 amide bonds. The Hall–Kier alpha value is -1.64. The van der Waals surface area contributed by atoms with Crippen molar-refractivity contribution in [3.8, 4) is 0 Å². The zero-order valence-electron chi connectivity index (χ0n) is 10.1. The van der Waals surface area contributed by atoms with Gasteiger partial charge in [0.2, 0.25) is 0 Å². The lowest BCUT2D eigenvalue weighted by Crippen LogP contribution is -2.45. The van der Waals surface area contributed by atoms with Crippen LogP contribution in [0.5, 0.6) is 0 Å². The number of hydrogen-bond donors (Lipinski definition) is 1. The lowest BCUT2D eigenvalue weighted by Gasteiger charge is -2.19. The average Bonchev–Trinajstić information content (AvgIpc) is 2.41. The molecule has 1 aromatic carbocycles. The van der Waals surface area contributed by atoms with Crippen LogP contribution in [0.2, 0.25) is 0 Å². The van der Waals surface area contributed by atoms with Gasteiger partial charge in [-0.1, -0.05) is 59.6 Å². The van der Waals surface area contributed by atoms with Gasteiger partial charge in [0.15, 0.2) is 8.24 Å². The van der Waals surface area contributed by atoms with Crippen molar-refractivity contribution in [2.24, 2.45) is 0 Å². The van der Waals surface area contributed by atoms with Crippen molar-refractivity contribution >= 4 is 14.3 Å². The molecule has 0 radical (unpaired) electrons. The van der Waals surface area contributed by atoms with Gasteiger partial charge < -0.3 is 4.98 Å². The third-order valence-electron chi connectivity index (χ3n) is 2.65. The Balaban J connectivity index is 2.52. The summed E-state index contributed by atoms with van der Waals surface area (Å²) in [6, 6.07) is 10.2. The van der Waals surface area contributed by atoms with Crippen molar-refractivity contribution in [1.29, 1.82) is 0 Å². The maximum absolute atomic E-state index is 3.84. The minimum Gasteiger partial charge on any atom is -0.324 e. The van der Waals surface area contributed by atoms with E-state index in [-0.39, 0.29) is 0 Å². The minimum atomic E-state index is -1.87. The largest absolute Gasteiger partial charge is 0.324 e. The molecule has 88 valence electrons. The molecule has 1 rings (SSSR count). The van der Waals surface area contributed by atoms with E-state index in [4.69, 9.17) is 0 Å². The number of hydrogen-bond acceptors (Lipinski definition) is 1. The maximum Gasteiger partial charge on any atom is 0.198 e. The summed E-state index contributed by atoms with van der Waals surface area (Å²) in [4.78, 5) is 3.45. The maximum atomic E-state index is 3.84. The molecule has 1 nitrogen and oxygen atoms in total. The molecule has 1 aromatic rings. The first-order chi connectivity index (χ1) is 8.26. The van der Waals surface area contributed by atoms with Crippen molar-refractivity contribution < 1.29 is 0 Å². The fraction of sp³-hybridized carbons (Fsp3) is 0.0667.